The Morgan fingerprint density at radius 2 is 1.93 bits per heavy atom. The first-order valence-electron chi connectivity index (χ1n) is 6.02. The second kappa shape index (κ2) is 5.47. The van der Waals surface area contributed by atoms with Crippen molar-refractivity contribution in [1.29, 1.82) is 0 Å². The molecule has 1 amide bonds. The Morgan fingerprint density at radius 1 is 1.20 bits per heavy atom. The van der Waals surface area contributed by atoms with E-state index in [1.807, 2.05) is 0 Å². The van der Waals surface area contributed by atoms with Gasteiger partial charge in [-0.3, -0.25) is 9.63 Å². The van der Waals surface area contributed by atoms with E-state index in [9.17, 15) is 4.79 Å². The molecule has 0 heterocycles. The third kappa shape index (κ3) is 4.18. The summed E-state index contributed by atoms with van der Waals surface area (Å²) in [6.45, 7) is 0.768. The molecular formula is C11H20N2O2. The van der Waals surface area contributed by atoms with Crippen molar-refractivity contribution in [2.45, 2.75) is 57.1 Å². The van der Waals surface area contributed by atoms with Crippen molar-refractivity contribution in [1.82, 2.24) is 10.8 Å². The third-order valence-corrected chi connectivity index (χ3v) is 3.00. The van der Waals surface area contributed by atoms with E-state index in [1.54, 1.807) is 0 Å². The summed E-state index contributed by atoms with van der Waals surface area (Å²) in [6, 6.07) is 0.675. The lowest BCUT2D eigenvalue weighted by Gasteiger charge is -2.11. The summed E-state index contributed by atoms with van der Waals surface area (Å²) in [7, 11) is 0. The highest BCUT2D eigenvalue weighted by atomic mass is 16.7. The predicted molar refractivity (Wildman–Crippen MR) is 57.1 cm³/mol. The molecule has 2 aliphatic rings. The van der Waals surface area contributed by atoms with Gasteiger partial charge in [0, 0.05) is 19.0 Å². The molecule has 0 aromatic rings. The maximum Gasteiger partial charge on any atom is 0.244 e. The molecule has 4 nitrogen and oxygen atoms in total. The van der Waals surface area contributed by atoms with E-state index in [2.05, 4.69) is 10.8 Å². The lowest BCUT2D eigenvalue weighted by molar-refractivity contribution is -0.138. The fourth-order valence-electron chi connectivity index (χ4n) is 1.88. The maximum absolute atomic E-state index is 11.3. The van der Waals surface area contributed by atoms with Crippen LogP contribution in [0.1, 0.15) is 44.9 Å². The molecule has 0 unspecified atom stereocenters. The molecule has 0 radical (unpaired) electrons. The summed E-state index contributed by atoms with van der Waals surface area (Å²) in [5.41, 5.74) is 2.54. The Hall–Kier alpha value is -0.610. The predicted octanol–water partition coefficient (Wildman–Crippen LogP) is 1.12. The molecule has 0 spiro atoms. The van der Waals surface area contributed by atoms with Gasteiger partial charge in [-0.2, -0.15) is 0 Å². The van der Waals surface area contributed by atoms with Crippen LogP contribution in [0.25, 0.3) is 0 Å². The van der Waals surface area contributed by atoms with Crippen LogP contribution in [-0.2, 0) is 9.63 Å². The second-order valence-electron chi connectivity index (χ2n) is 4.53. The molecule has 0 aromatic carbocycles. The smallest absolute Gasteiger partial charge is 0.244 e. The molecule has 0 bridgehead atoms. The molecule has 0 aromatic heterocycles. The lowest BCUT2D eigenvalue weighted by Crippen LogP contribution is -2.31. The first-order chi connectivity index (χ1) is 7.34. The number of carbonyl (C=O) groups is 1. The Labute approximate surface area is 90.7 Å². The van der Waals surface area contributed by atoms with Gasteiger partial charge in [-0.25, -0.2) is 5.48 Å². The highest BCUT2D eigenvalue weighted by Crippen LogP contribution is 2.20. The van der Waals surface area contributed by atoms with Crippen LogP contribution in [0.3, 0.4) is 0 Å². The van der Waals surface area contributed by atoms with E-state index in [0.717, 1.165) is 19.4 Å². The van der Waals surface area contributed by atoms with Crippen molar-refractivity contribution < 1.29 is 9.63 Å². The van der Waals surface area contributed by atoms with E-state index in [4.69, 9.17) is 4.84 Å². The van der Waals surface area contributed by atoms with Crippen molar-refractivity contribution in [2.24, 2.45) is 0 Å². The minimum absolute atomic E-state index is 0.00458. The van der Waals surface area contributed by atoms with Gasteiger partial charge in [-0.15, -0.1) is 0 Å². The number of amides is 1. The number of nitrogens with one attached hydrogen (secondary N) is 2. The molecular weight excluding hydrogens is 192 g/mol. The number of carbonyl (C=O) groups excluding carboxylic acids is 1. The molecule has 0 atom stereocenters. The van der Waals surface area contributed by atoms with Gasteiger partial charge in [-0.05, 0) is 25.7 Å². The van der Waals surface area contributed by atoms with Crippen molar-refractivity contribution in [3.8, 4) is 0 Å². The second-order valence-corrected chi connectivity index (χ2v) is 4.53. The van der Waals surface area contributed by atoms with E-state index in [1.165, 1.54) is 25.7 Å². The third-order valence-electron chi connectivity index (χ3n) is 3.00. The molecule has 2 N–H and O–H groups in total. The normalized spacial score (nSPS) is 21.9. The zero-order valence-electron chi connectivity index (χ0n) is 9.13. The van der Waals surface area contributed by atoms with Crippen molar-refractivity contribution in [2.75, 3.05) is 6.54 Å². The van der Waals surface area contributed by atoms with Gasteiger partial charge in [0.1, 0.15) is 0 Å². The van der Waals surface area contributed by atoms with Crippen molar-refractivity contribution >= 4 is 5.91 Å². The molecule has 86 valence electrons. The number of hydroxylamine groups is 1. The van der Waals surface area contributed by atoms with Crippen LogP contribution in [0.5, 0.6) is 0 Å². The zero-order valence-corrected chi connectivity index (χ0v) is 9.13. The largest absolute Gasteiger partial charge is 0.313 e. The molecule has 2 fully saturated rings. The molecule has 2 saturated carbocycles. The zero-order chi connectivity index (χ0) is 10.5. The fourth-order valence-corrected chi connectivity index (χ4v) is 1.88. The SMILES string of the molecule is O=C(CCNC1CC1)NOC1CCCC1. The summed E-state index contributed by atoms with van der Waals surface area (Å²) < 4.78 is 0. The first-order valence-corrected chi connectivity index (χ1v) is 6.02. The van der Waals surface area contributed by atoms with Gasteiger partial charge in [0.2, 0.25) is 5.91 Å². The van der Waals surface area contributed by atoms with Gasteiger partial charge in [0.15, 0.2) is 0 Å². The summed E-state index contributed by atoms with van der Waals surface area (Å²) in [6.07, 6.45) is 7.92. The Kier molecular flexibility index (Phi) is 3.97. The molecule has 4 heteroatoms. The molecule has 15 heavy (non-hydrogen) atoms. The van der Waals surface area contributed by atoms with E-state index in [0.29, 0.717) is 12.5 Å². The van der Waals surface area contributed by atoms with Crippen molar-refractivity contribution in [3.63, 3.8) is 0 Å². The van der Waals surface area contributed by atoms with Crippen LogP contribution in [0.15, 0.2) is 0 Å². The fraction of sp³-hybridized carbons (Fsp3) is 0.909. The summed E-state index contributed by atoms with van der Waals surface area (Å²) in [4.78, 5) is 16.6. The maximum atomic E-state index is 11.3. The standard InChI is InChI=1S/C11H20N2O2/c14-11(7-8-12-9-5-6-9)13-15-10-3-1-2-4-10/h9-10,12H,1-8H2,(H,13,14). The van der Waals surface area contributed by atoms with Gasteiger partial charge in [-0.1, -0.05) is 12.8 Å². The number of rotatable bonds is 6. The highest BCUT2D eigenvalue weighted by Gasteiger charge is 2.20. The van der Waals surface area contributed by atoms with Crippen LogP contribution in [0, 0.1) is 0 Å². The van der Waals surface area contributed by atoms with E-state index < -0.39 is 0 Å². The highest BCUT2D eigenvalue weighted by molar-refractivity contribution is 5.74. The molecule has 0 saturated heterocycles. The van der Waals surface area contributed by atoms with E-state index >= 15 is 0 Å². The van der Waals surface area contributed by atoms with Crippen LogP contribution >= 0.6 is 0 Å². The summed E-state index contributed by atoms with van der Waals surface area (Å²) in [5.74, 6) is -0.00458. The lowest BCUT2D eigenvalue weighted by atomic mass is 10.3. The monoisotopic (exact) mass is 212 g/mol. The Balaban J connectivity index is 1.47. The van der Waals surface area contributed by atoms with Crippen LogP contribution in [0.2, 0.25) is 0 Å². The van der Waals surface area contributed by atoms with Gasteiger partial charge in [0.05, 0.1) is 6.10 Å². The summed E-state index contributed by atoms with van der Waals surface area (Å²) in [5, 5.41) is 3.30. The Bertz CT molecular complexity index is 211. The number of hydrogen-bond donors (Lipinski definition) is 2. The average Bonchev–Trinajstić information content (AvgIpc) is 2.91. The molecule has 2 rings (SSSR count). The van der Waals surface area contributed by atoms with Crippen LogP contribution in [-0.4, -0.2) is 24.6 Å². The quantitative estimate of drug-likeness (QED) is 0.649. The summed E-state index contributed by atoms with van der Waals surface area (Å²) >= 11 is 0. The average molecular weight is 212 g/mol. The minimum atomic E-state index is -0.00458. The van der Waals surface area contributed by atoms with Gasteiger partial charge >= 0.3 is 0 Å². The van der Waals surface area contributed by atoms with Crippen LogP contribution in [0.4, 0.5) is 0 Å². The van der Waals surface area contributed by atoms with Gasteiger partial charge < -0.3 is 5.32 Å². The molecule has 0 aliphatic heterocycles. The van der Waals surface area contributed by atoms with Crippen LogP contribution < -0.4 is 10.8 Å². The molecule has 2 aliphatic carbocycles. The topological polar surface area (TPSA) is 50.4 Å². The minimum Gasteiger partial charge on any atom is -0.313 e. The van der Waals surface area contributed by atoms with Crippen molar-refractivity contribution in [3.05, 3.63) is 0 Å². The first kappa shape index (κ1) is 10.9. The van der Waals surface area contributed by atoms with E-state index in [-0.39, 0.29) is 12.0 Å². The van der Waals surface area contributed by atoms with Gasteiger partial charge in [0.25, 0.3) is 0 Å². The number of hydrogen-bond acceptors (Lipinski definition) is 3. The Morgan fingerprint density at radius 3 is 2.60 bits per heavy atom.